The molecule has 0 aromatic rings. The minimum absolute atomic E-state index is 0.0924. The molecule has 0 amide bonds. The Morgan fingerprint density at radius 1 is 0.580 bits per heavy atom. The minimum Gasteiger partial charge on any atom is -0.457 e. The van der Waals surface area contributed by atoms with Crippen LogP contribution in [0.3, 0.4) is 0 Å². The molecule has 0 saturated carbocycles. The number of carbonyl (C=O) groups excluding carboxylic acids is 1. The number of rotatable bonds is 41. The summed E-state index contributed by atoms with van der Waals surface area (Å²) in [5.41, 5.74) is 5.36. The van der Waals surface area contributed by atoms with Crippen LogP contribution in [-0.2, 0) is 27.9 Å². The molecule has 50 heavy (non-hydrogen) atoms. The van der Waals surface area contributed by atoms with Crippen LogP contribution in [0.2, 0.25) is 0 Å². The fourth-order valence-electron chi connectivity index (χ4n) is 6.05. The Kier molecular flexibility index (Phi) is 38.8. The zero-order valence-corrected chi connectivity index (χ0v) is 33.8. The summed E-state index contributed by atoms with van der Waals surface area (Å²) in [6.45, 7) is 4.94. The Balaban J connectivity index is 3.95. The van der Waals surface area contributed by atoms with Gasteiger partial charge in [0.25, 0.3) is 0 Å². The summed E-state index contributed by atoms with van der Waals surface area (Å²) in [6, 6.07) is 0. The lowest BCUT2D eigenvalue weighted by atomic mass is 10.1. The highest BCUT2D eigenvalue weighted by atomic mass is 31.2. The molecule has 3 N–H and O–H groups in total. The summed E-state index contributed by atoms with van der Waals surface area (Å²) in [4.78, 5) is 22.4. The number of hydrogen-bond donors (Lipinski definition) is 2. The van der Waals surface area contributed by atoms with Crippen molar-refractivity contribution in [2.24, 2.45) is 5.73 Å². The fraction of sp³-hybridized carbons (Fsp3) is 0.927. The zero-order valence-electron chi connectivity index (χ0n) is 32.9. The first-order valence-corrected chi connectivity index (χ1v) is 22.7. The van der Waals surface area contributed by atoms with Gasteiger partial charge in [0, 0.05) is 19.6 Å². The molecule has 298 valence electrons. The van der Waals surface area contributed by atoms with Gasteiger partial charge in [-0.3, -0.25) is 13.8 Å². The number of phosphoric ester groups is 1. The van der Waals surface area contributed by atoms with Crippen molar-refractivity contribution >= 4 is 13.8 Å². The lowest BCUT2D eigenvalue weighted by Crippen LogP contribution is -2.28. The van der Waals surface area contributed by atoms with Gasteiger partial charge in [-0.1, -0.05) is 174 Å². The molecule has 8 nitrogen and oxygen atoms in total. The Bertz CT molecular complexity index is 782. The second-order valence-corrected chi connectivity index (χ2v) is 15.7. The topological polar surface area (TPSA) is 117 Å². The van der Waals surface area contributed by atoms with Gasteiger partial charge in [0.15, 0.2) is 0 Å². The number of phosphoric acid groups is 1. The monoisotopic (exact) mass is 732 g/mol. The Hall–Kier alpha value is -0.760. The number of esters is 1. The standard InChI is InChI=1S/C41H82NO7P/c1-3-5-7-9-11-13-15-16-17-18-19-20-21-22-23-25-27-29-31-33-36-46-38-40(39-48-50(44,45)47-37-35-42)49-41(43)34-32-30-28-26-24-14-12-10-8-6-4-2/h16-17,40H,3-15,18-39,42H2,1-2H3,(H,44,45)/b17-16-. The van der Waals surface area contributed by atoms with Gasteiger partial charge in [-0.25, -0.2) is 4.57 Å². The minimum atomic E-state index is -4.27. The van der Waals surface area contributed by atoms with Gasteiger partial charge in [-0.2, -0.15) is 0 Å². The Morgan fingerprint density at radius 3 is 1.46 bits per heavy atom. The van der Waals surface area contributed by atoms with E-state index in [0.717, 1.165) is 32.1 Å². The predicted molar refractivity (Wildman–Crippen MR) is 210 cm³/mol. The summed E-state index contributed by atoms with van der Waals surface area (Å²) < 4.78 is 33.4. The van der Waals surface area contributed by atoms with E-state index < -0.39 is 13.9 Å². The van der Waals surface area contributed by atoms with Crippen molar-refractivity contribution in [1.29, 1.82) is 0 Å². The van der Waals surface area contributed by atoms with Crippen LogP contribution in [0.25, 0.3) is 0 Å². The average molecular weight is 732 g/mol. The van der Waals surface area contributed by atoms with Crippen LogP contribution >= 0.6 is 7.82 Å². The van der Waals surface area contributed by atoms with Crippen LogP contribution in [0.4, 0.5) is 0 Å². The molecular weight excluding hydrogens is 649 g/mol. The van der Waals surface area contributed by atoms with Crippen LogP contribution in [0.5, 0.6) is 0 Å². The van der Waals surface area contributed by atoms with E-state index >= 15 is 0 Å². The van der Waals surface area contributed by atoms with Crippen molar-refractivity contribution in [2.45, 2.75) is 213 Å². The van der Waals surface area contributed by atoms with Crippen LogP contribution in [0, 0.1) is 0 Å². The summed E-state index contributed by atoms with van der Waals surface area (Å²) >= 11 is 0. The van der Waals surface area contributed by atoms with Crippen LogP contribution in [0.15, 0.2) is 12.2 Å². The molecule has 0 fully saturated rings. The van der Waals surface area contributed by atoms with Gasteiger partial charge in [-0.05, 0) is 38.5 Å². The maximum atomic E-state index is 12.5. The second kappa shape index (κ2) is 39.4. The van der Waals surface area contributed by atoms with Crippen molar-refractivity contribution in [2.75, 3.05) is 33.0 Å². The third kappa shape index (κ3) is 38.5. The number of ether oxygens (including phenoxy) is 2. The van der Waals surface area contributed by atoms with Crippen molar-refractivity contribution in [3.63, 3.8) is 0 Å². The number of allylic oxidation sites excluding steroid dienone is 2. The molecule has 0 saturated heterocycles. The number of carbonyl (C=O) groups is 1. The molecule has 0 bridgehead atoms. The maximum Gasteiger partial charge on any atom is 0.472 e. The van der Waals surface area contributed by atoms with Crippen molar-refractivity contribution in [3.05, 3.63) is 12.2 Å². The SMILES string of the molecule is CCCCCCCC/C=C\CCCCCCCCCCCCOCC(COP(=O)(O)OCCN)OC(=O)CCCCCCCCCCCCC. The number of hydrogen-bond acceptors (Lipinski definition) is 7. The van der Waals surface area contributed by atoms with E-state index in [-0.39, 0.29) is 32.3 Å². The molecule has 0 aliphatic carbocycles. The van der Waals surface area contributed by atoms with E-state index in [1.54, 1.807) is 0 Å². The Labute approximate surface area is 309 Å². The molecule has 2 unspecified atom stereocenters. The summed E-state index contributed by atoms with van der Waals surface area (Å²) in [5.74, 6) is -0.329. The maximum absolute atomic E-state index is 12.5. The first-order chi connectivity index (χ1) is 24.4. The third-order valence-corrected chi connectivity index (χ3v) is 10.2. The first-order valence-electron chi connectivity index (χ1n) is 21.2. The molecule has 0 aliphatic rings. The summed E-state index contributed by atoms with van der Waals surface area (Å²) in [5, 5.41) is 0. The molecule has 0 spiro atoms. The van der Waals surface area contributed by atoms with Gasteiger partial charge >= 0.3 is 13.8 Å². The normalized spacial score (nSPS) is 13.6. The van der Waals surface area contributed by atoms with E-state index in [1.807, 2.05) is 0 Å². The van der Waals surface area contributed by atoms with E-state index in [4.69, 9.17) is 24.3 Å². The molecule has 2 atom stereocenters. The van der Waals surface area contributed by atoms with Gasteiger partial charge in [-0.15, -0.1) is 0 Å². The van der Waals surface area contributed by atoms with Crippen LogP contribution in [0.1, 0.15) is 206 Å². The van der Waals surface area contributed by atoms with Gasteiger partial charge in [0.05, 0.1) is 19.8 Å². The lowest BCUT2D eigenvalue weighted by molar-refractivity contribution is -0.154. The molecule has 0 rings (SSSR count). The number of nitrogens with two attached hydrogens (primary N) is 1. The number of unbranched alkanes of at least 4 members (excludes halogenated alkanes) is 26. The molecule has 0 aliphatic heterocycles. The van der Waals surface area contributed by atoms with E-state index in [2.05, 4.69) is 26.0 Å². The average Bonchev–Trinajstić information content (AvgIpc) is 3.10. The van der Waals surface area contributed by atoms with Crippen LogP contribution < -0.4 is 5.73 Å². The molecule has 0 aromatic heterocycles. The van der Waals surface area contributed by atoms with E-state index in [0.29, 0.717) is 13.0 Å². The third-order valence-electron chi connectivity index (χ3n) is 9.18. The quantitative estimate of drug-likeness (QED) is 0.0276. The highest BCUT2D eigenvalue weighted by Crippen LogP contribution is 2.43. The first kappa shape index (κ1) is 49.2. The van der Waals surface area contributed by atoms with Crippen LogP contribution in [-0.4, -0.2) is 49.9 Å². The zero-order chi connectivity index (χ0) is 36.6. The molecule has 9 heteroatoms. The summed E-state index contributed by atoms with van der Waals surface area (Å²) in [7, 11) is -4.27. The fourth-order valence-corrected chi connectivity index (χ4v) is 6.82. The molecule has 0 heterocycles. The molecule has 0 radical (unpaired) electrons. The van der Waals surface area contributed by atoms with Gasteiger partial charge in [0.1, 0.15) is 6.10 Å². The predicted octanol–water partition coefficient (Wildman–Crippen LogP) is 12.3. The summed E-state index contributed by atoms with van der Waals surface area (Å²) in [6.07, 6.45) is 40.9. The lowest BCUT2D eigenvalue weighted by Gasteiger charge is -2.20. The van der Waals surface area contributed by atoms with Crippen molar-refractivity contribution < 1.29 is 32.8 Å². The highest BCUT2D eigenvalue weighted by Gasteiger charge is 2.25. The molecule has 0 aromatic carbocycles. The van der Waals surface area contributed by atoms with E-state index in [9.17, 15) is 14.3 Å². The van der Waals surface area contributed by atoms with Gasteiger partial charge < -0.3 is 20.1 Å². The van der Waals surface area contributed by atoms with E-state index in [1.165, 1.54) is 154 Å². The van der Waals surface area contributed by atoms with Gasteiger partial charge in [0.2, 0.25) is 0 Å². The second-order valence-electron chi connectivity index (χ2n) is 14.2. The highest BCUT2D eigenvalue weighted by molar-refractivity contribution is 7.47. The largest absolute Gasteiger partial charge is 0.472 e. The van der Waals surface area contributed by atoms with Crippen molar-refractivity contribution in [1.82, 2.24) is 0 Å². The smallest absolute Gasteiger partial charge is 0.457 e. The molecular formula is C41H82NO7P. The van der Waals surface area contributed by atoms with Crippen molar-refractivity contribution in [3.8, 4) is 0 Å². The Morgan fingerprint density at radius 2 is 1.00 bits per heavy atom.